The van der Waals surface area contributed by atoms with Crippen LogP contribution in [0.3, 0.4) is 0 Å². The highest BCUT2D eigenvalue weighted by molar-refractivity contribution is 5.03. The Morgan fingerprint density at radius 1 is 1.43 bits per heavy atom. The van der Waals surface area contributed by atoms with Crippen LogP contribution in [0.2, 0.25) is 0 Å². The lowest BCUT2D eigenvalue weighted by Crippen LogP contribution is -2.37. The number of hydrogen-bond acceptors (Lipinski definition) is 4. The molecular weight excluding hydrogens is 176 g/mol. The fourth-order valence-corrected chi connectivity index (χ4v) is 2.79. The molecule has 3 unspecified atom stereocenters. The van der Waals surface area contributed by atoms with E-state index in [9.17, 15) is 0 Å². The molecule has 1 aromatic heterocycles. The second-order valence-electron chi connectivity index (χ2n) is 4.35. The van der Waals surface area contributed by atoms with Crippen LogP contribution in [0.25, 0.3) is 0 Å². The molecule has 2 bridgehead atoms. The summed E-state index contributed by atoms with van der Waals surface area (Å²) >= 11 is 0. The molecule has 4 heteroatoms. The molecule has 2 aliphatic rings. The summed E-state index contributed by atoms with van der Waals surface area (Å²) in [5.74, 6) is 0.863. The van der Waals surface area contributed by atoms with E-state index in [0.29, 0.717) is 6.04 Å². The molecule has 3 rings (SSSR count). The van der Waals surface area contributed by atoms with E-state index in [4.69, 9.17) is 0 Å². The van der Waals surface area contributed by atoms with Crippen molar-refractivity contribution in [1.29, 1.82) is 0 Å². The fourth-order valence-electron chi connectivity index (χ4n) is 2.79. The Kier molecular flexibility index (Phi) is 1.94. The molecule has 1 aromatic rings. The van der Waals surface area contributed by atoms with Crippen LogP contribution in [0.4, 0.5) is 0 Å². The van der Waals surface area contributed by atoms with Gasteiger partial charge in [0.15, 0.2) is 0 Å². The van der Waals surface area contributed by atoms with Crippen molar-refractivity contribution in [2.45, 2.75) is 37.8 Å². The maximum atomic E-state index is 4.07. The van der Waals surface area contributed by atoms with Crippen LogP contribution < -0.4 is 5.32 Å². The van der Waals surface area contributed by atoms with Gasteiger partial charge in [-0.3, -0.25) is 0 Å². The second kappa shape index (κ2) is 3.28. The maximum absolute atomic E-state index is 4.07. The third-order valence-corrected chi connectivity index (χ3v) is 3.45. The van der Waals surface area contributed by atoms with E-state index in [1.807, 2.05) is 6.20 Å². The van der Waals surface area contributed by atoms with Gasteiger partial charge in [0.05, 0.1) is 11.9 Å². The lowest BCUT2D eigenvalue weighted by molar-refractivity contribution is 0.376. The first-order valence-corrected chi connectivity index (χ1v) is 5.29. The first kappa shape index (κ1) is 8.29. The van der Waals surface area contributed by atoms with Gasteiger partial charge >= 0.3 is 0 Å². The Morgan fingerprint density at radius 2 is 2.43 bits per heavy atom. The molecule has 4 nitrogen and oxygen atoms in total. The van der Waals surface area contributed by atoms with Gasteiger partial charge in [-0.15, -0.1) is 5.10 Å². The predicted octanol–water partition coefficient (Wildman–Crippen LogP) is 0.555. The number of nitrogens with one attached hydrogen (secondary N) is 1. The van der Waals surface area contributed by atoms with E-state index in [1.54, 1.807) is 0 Å². The Hall–Kier alpha value is -1.03. The lowest BCUT2D eigenvalue weighted by Gasteiger charge is -2.22. The van der Waals surface area contributed by atoms with Crippen molar-refractivity contribution in [3.63, 3.8) is 0 Å². The van der Waals surface area contributed by atoms with Crippen LogP contribution in [0.15, 0.2) is 12.5 Å². The monoisotopic (exact) mass is 190 g/mol. The lowest BCUT2D eigenvalue weighted by atomic mass is 9.96. The molecule has 1 N–H and O–H groups in total. The van der Waals surface area contributed by atoms with E-state index in [1.165, 1.54) is 25.6 Å². The number of hydrogen-bond donors (Lipinski definition) is 1. The van der Waals surface area contributed by atoms with E-state index < -0.39 is 0 Å². The van der Waals surface area contributed by atoms with Gasteiger partial charge in [-0.2, -0.15) is 5.10 Å². The van der Waals surface area contributed by atoms with Gasteiger partial charge in [-0.1, -0.05) is 0 Å². The molecule has 3 atom stereocenters. The van der Waals surface area contributed by atoms with E-state index in [0.717, 1.165) is 24.1 Å². The zero-order valence-corrected chi connectivity index (χ0v) is 8.06. The number of piperidine rings is 1. The molecule has 0 radical (unpaired) electrons. The summed E-state index contributed by atoms with van der Waals surface area (Å²) in [6.07, 6.45) is 8.40. The molecule has 0 amide bonds. The standard InChI is InChI=1S/C10H14N4/c1-2-8-3-7(1)10(13-8)4-9-5-11-6-12-14-9/h5-8,10,13H,1-4H2. The molecule has 1 saturated heterocycles. The fraction of sp³-hybridized carbons (Fsp3) is 0.700. The van der Waals surface area contributed by atoms with Crippen molar-refractivity contribution < 1.29 is 0 Å². The Balaban J connectivity index is 1.69. The highest BCUT2D eigenvalue weighted by Gasteiger charge is 2.38. The zero-order chi connectivity index (χ0) is 9.38. The molecular formula is C10H14N4. The molecule has 0 spiro atoms. The molecule has 0 aromatic carbocycles. The summed E-state index contributed by atoms with van der Waals surface area (Å²) in [5.41, 5.74) is 1.01. The van der Waals surface area contributed by atoms with Crippen molar-refractivity contribution in [2.24, 2.45) is 5.92 Å². The zero-order valence-electron chi connectivity index (χ0n) is 8.06. The molecule has 1 saturated carbocycles. The Bertz CT molecular complexity index is 313. The molecule has 1 aliphatic carbocycles. The van der Waals surface area contributed by atoms with Crippen molar-refractivity contribution in [3.8, 4) is 0 Å². The predicted molar refractivity (Wildman–Crippen MR) is 51.6 cm³/mol. The summed E-state index contributed by atoms with van der Waals surface area (Å²) in [7, 11) is 0. The van der Waals surface area contributed by atoms with Crippen molar-refractivity contribution in [1.82, 2.24) is 20.5 Å². The summed E-state index contributed by atoms with van der Waals surface area (Å²) < 4.78 is 0. The van der Waals surface area contributed by atoms with E-state index >= 15 is 0 Å². The minimum Gasteiger partial charge on any atom is -0.311 e. The van der Waals surface area contributed by atoms with Crippen LogP contribution >= 0.6 is 0 Å². The van der Waals surface area contributed by atoms with E-state index in [-0.39, 0.29) is 0 Å². The summed E-state index contributed by atoms with van der Waals surface area (Å²) in [4.78, 5) is 3.99. The quantitative estimate of drug-likeness (QED) is 0.740. The van der Waals surface area contributed by atoms with Crippen molar-refractivity contribution in [2.75, 3.05) is 0 Å². The van der Waals surface area contributed by atoms with Gasteiger partial charge < -0.3 is 5.32 Å². The summed E-state index contributed by atoms with van der Waals surface area (Å²) in [6.45, 7) is 0. The van der Waals surface area contributed by atoms with Crippen molar-refractivity contribution >= 4 is 0 Å². The second-order valence-corrected chi connectivity index (χ2v) is 4.35. The summed E-state index contributed by atoms with van der Waals surface area (Å²) in [5, 5.41) is 11.5. The Morgan fingerprint density at radius 3 is 3.07 bits per heavy atom. The number of fused-ring (bicyclic) bond motifs is 2. The average molecular weight is 190 g/mol. The smallest absolute Gasteiger partial charge is 0.138 e. The third-order valence-electron chi connectivity index (χ3n) is 3.45. The van der Waals surface area contributed by atoms with Crippen LogP contribution in [0.5, 0.6) is 0 Å². The first-order chi connectivity index (χ1) is 6.92. The van der Waals surface area contributed by atoms with E-state index in [2.05, 4.69) is 20.5 Å². The maximum Gasteiger partial charge on any atom is 0.138 e. The van der Waals surface area contributed by atoms with Crippen LogP contribution in [-0.2, 0) is 6.42 Å². The SMILES string of the molecule is c1ncc(CC2NC3CCC2C3)nn1. The summed E-state index contributed by atoms with van der Waals surface area (Å²) in [6, 6.07) is 1.39. The topological polar surface area (TPSA) is 50.7 Å². The number of aromatic nitrogens is 3. The number of nitrogens with zero attached hydrogens (tertiary/aromatic N) is 3. The molecule has 2 heterocycles. The normalized spacial score (nSPS) is 35.0. The van der Waals surface area contributed by atoms with Crippen LogP contribution in [-0.4, -0.2) is 27.3 Å². The van der Waals surface area contributed by atoms with Gasteiger partial charge in [0.1, 0.15) is 6.33 Å². The van der Waals surface area contributed by atoms with Crippen molar-refractivity contribution in [3.05, 3.63) is 18.2 Å². The first-order valence-electron chi connectivity index (χ1n) is 5.29. The van der Waals surface area contributed by atoms with Gasteiger partial charge in [0, 0.05) is 18.5 Å². The highest BCUT2D eigenvalue weighted by atomic mass is 15.1. The average Bonchev–Trinajstić information content (AvgIpc) is 2.81. The minimum atomic E-state index is 0.618. The molecule has 2 fully saturated rings. The Labute approximate surface area is 83.2 Å². The highest BCUT2D eigenvalue weighted by Crippen LogP contribution is 2.36. The molecule has 1 aliphatic heterocycles. The van der Waals surface area contributed by atoms with Crippen LogP contribution in [0, 0.1) is 5.92 Å². The van der Waals surface area contributed by atoms with Gasteiger partial charge in [-0.05, 0) is 25.2 Å². The largest absolute Gasteiger partial charge is 0.311 e. The molecule has 14 heavy (non-hydrogen) atoms. The minimum absolute atomic E-state index is 0.618. The van der Waals surface area contributed by atoms with Crippen LogP contribution in [0.1, 0.15) is 25.0 Å². The van der Waals surface area contributed by atoms with Gasteiger partial charge in [0.25, 0.3) is 0 Å². The number of rotatable bonds is 2. The van der Waals surface area contributed by atoms with Gasteiger partial charge in [0.2, 0.25) is 0 Å². The molecule has 74 valence electrons. The van der Waals surface area contributed by atoms with Gasteiger partial charge in [-0.25, -0.2) is 4.98 Å². The third kappa shape index (κ3) is 1.39.